The Bertz CT molecular complexity index is 432. The van der Waals surface area contributed by atoms with Crippen LogP contribution in [0.3, 0.4) is 0 Å². The highest BCUT2D eigenvalue weighted by molar-refractivity contribution is 5.96. The maximum atomic E-state index is 11.6. The zero-order valence-corrected chi connectivity index (χ0v) is 9.82. The lowest BCUT2D eigenvalue weighted by molar-refractivity contribution is 0.0991. The fraction of sp³-hybridized carbons (Fsp3) is 0.500. The fourth-order valence-corrected chi connectivity index (χ4v) is 1.42. The monoisotopic (exact) mass is 217 g/mol. The van der Waals surface area contributed by atoms with Gasteiger partial charge < -0.3 is 0 Å². The van der Waals surface area contributed by atoms with Crippen molar-refractivity contribution >= 4 is 5.78 Å². The lowest BCUT2D eigenvalue weighted by Gasteiger charge is -2.06. The molecule has 0 bridgehead atoms. The molecule has 4 heteroatoms. The maximum absolute atomic E-state index is 11.6. The SMILES string of the molecule is Cc1ncc(CC(C)C)nc1C(=O)CC#N. The highest BCUT2D eigenvalue weighted by atomic mass is 16.1. The molecule has 84 valence electrons. The van der Waals surface area contributed by atoms with Crippen LogP contribution in [-0.2, 0) is 6.42 Å². The second-order valence-corrected chi connectivity index (χ2v) is 4.15. The predicted octanol–water partition coefficient (Wildman–Crippen LogP) is 2.08. The Hall–Kier alpha value is -1.76. The number of nitrogens with zero attached hydrogens (tertiary/aromatic N) is 3. The molecular weight excluding hydrogens is 202 g/mol. The van der Waals surface area contributed by atoms with Gasteiger partial charge in [-0.15, -0.1) is 0 Å². The first kappa shape index (κ1) is 12.3. The molecular formula is C12H15N3O. The first-order valence-corrected chi connectivity index (χ1v) is 5.27. The first-order chi connectivity index (χ1) is 7.54. The summed E-state index contributed by atoms with van der Waals surface area (Å²) in [5, 5.41) is 8.48. The molecule has 1 heterocycles. The van der Waals surface area contributed by atoms with Gasteiger partial charge in [-0.05, 0) is 19.3 Å². The summed E-state index contributed by atoms with van der Waals surface area (Å²) in [4.78, 5) is 20.0. The average Bonchev–Trinajstić information content (AvgIpc) is 2.20. The number of aromatic nitrogens is 2. The molecule has 0 unspecified atom stereocenters. The smallest absolute Gasteiger partial charge is 0.197 e. The molecule has 0 saturated heterocycles. The van der Waals surface area contributed by atoms with E-state index in [0.717, 1.165) is 12.1 Å². The Balaban J connectivity index is 3.00. The van der Waals surface area contributed by atoms with Gasteiger partial charge in [0, 0.05) is 6.20 Å². The van der Waals surface area contributed by atoms with Crippen molar-refractivity contribution in [2.45, 2.75) is 33.6 Å². The van der Waals surface area contributed by atoms with Gasteiger partial charge in [0.1, 0.15) is 12.1 Å². The van der Waals surface area contributed by atoms with E-state index >= 15 is 0 Å². The number of ketones is 1. The second-order valence-electron chi connectivity index (χ2n) is 4.15. The van der Waals surface area contributed by atoms with Crippen LogP contribution in [0.25, 0.3) is 0 Å². The van der Waals surface area contributed by atoms with E-state index in [2.05, 4.69) is 23.8 Å². The van der Waals surface area contributed by atoms with Gasteiger partial charge in [0.25, 0.3) is 0 Å². The zero-order chi connectivity index (χ0) is 12.1. The van der Waals surface area contributed by atoms with Crippen LogP contribution in [0.2, 0.25) is 0 Å². The standard InChI is InChI=1S/C12H15N3O/c1-8(2)6-10-7-14-9(3)12(15-10)11(16)4-5-13/h7-8H,4,6H2,1-3H3. The number of Topliss-reactive ketones (excluding diaryl/α,β-unsaturated/α-hetero) is 1. The highest BCUT2D eigenvalue weighted by Crippen LogP contribution is 2.09. The van der Waals surface area contributed by atoms with Gasteiger partial charge in [0.05, 0.1) is 17.5 Å². The van der Waals surface area contributed by atoms with Crippen molar-refractivity contribution in [3.05, 3.63) is 23.3 Å². The molecule has 0 N–H and O–H groups in total. The number of nitriles is 1. The van der Waals surface area contributed by atoms with E-state index < -0.39 is 0 Å². The van der Waals surface area contributed by atoms with Crippen molar-refractivity contribution in [2.24, 2.45) is 5.92 Å². The first-order valence-electron chi connectivity index (χ1n) is 5.27. The number of aryl methyl sites for hydroxylation is 1. The van der Waals surface area contributed by atoms with Gasteiger partial charge in [-0.3, -0.25) is 9.78 Å². The topological polar surface area (TPSA) is 66.6 Å². The van der Waals surface area contributed by atoms with Crippen LogP contribution in [-0.4, -0.2) is 15.8 Å². The molecule has 0 aliphatic heterocycles. The molecule has 0 aliphatic rings. The summed E-state index contributed by atoms with van der Waals surface area (Å²) >= 11 is 0. The highest BCUT2D eigenvalue weighted by Gasteiger charge is 2.12. The summed E-state index contributed by atoms with van der Waals surface area (Å²) in [7, 11) is 0. The van der Waals surface area contributed by atoms with Crippen LogP contribution >= 0.6 is 0 Å². The molecule has 4 nitrogen and oxygen atoms in total. The van der Waals surface area contributed by atoms with Crippen molar-refractivity contribution in [2.75, 3.05) is 0 Å². The quantitative estimate of drug-likeness (QED) is 0.724. The summed E-state index contributed by atoms with van der Waals surface area (Å²) in [5.74, 6) is 0.217. The minimum atomic E-state index is -0.252. The van der Waals surface area contributed by atoms with Crippen molar-refractivity contribution in [1.29, 1.82) is 5.26 Å². The van der Waals surface area contributed by atoms with Gasteiger partial charge in [0.15, 0.2) is 5.78 Å². The van der Waals surface area contributed by atoms with E-state index in [1.807, 2.05) is 6.07 Å². The Morgan fingerprint density at radius 3 is 2.81 bits per heavy atom. The van der Waals surface area contributed by atoms with Crippen LogP contribution in [0.5, 0.6) is 0 Å². The minimum Gasteiger partial charge on any atom is -0.291 e. The van der Waals surface area contributed by atoms with Crippen molar-refractivity contribution in [3.63, 3.8) is 0 Å². The molecule has 0 atom stereocenters. The molecule has 0 aliphatic carbocycles. The van der Waals surface area contributed by atoms with E-state index in [-0.39, 0.29) is 12.2 Å². The Morgan fingerprint density at radius 1 is 1.56 bits per heavy atom. The van der Waals surface area contributed by atoms with Gasteiger partial charge in [-0.2, -0.15) is 5.26 Å². The summed E-state index contributed by atoms with van der Waals surface area (Å²) in [6.45, 7) is 5.90. The van der Waals surface area contributed by atoms with E-state index in [9.17, 15) is 4.79 Å². The number of carbonyl (C=O) groups excluding carboxylic acids is 1. The van der Waals surface area contributed by atoms with Crippen LogP contribution in [0.15, 0.2) is 6.20 Å². The summed E-state index contributed by atoms with van der Waals surface area (Å²) in [6.07, 6.45) is 2.35. The average molecular weight is 217 g/mol. The third kappa shape index (κ3) is 3.13. The number of carbonyl (C=O) groups is 1. The normalized spacial score (nSPS) is 10.2. The van der Waals surface area contributed by atoms with Crippen molar-refractivity contribution in [1.82, 2.24) is 9.97 Å². The molecule has 0 radical (unpaired) electrons. The molecule has 0 fully saturated rings. The van der Waals surface area contributed by atoms with E-state index in [1.165, 1.54) is 0 Å². The van der Waals surface area contributed by atoms with Crippen molar-refractivity contribution in [3.8, 4) is 6.07 Å². The summed E-state index contributed by atoms with van der Waals surface area (Å²) < 4.78 is 0. The number of hydrogen-bond donors (Lipinski definition) is 0. The summed E-state index contributed by atoms with van der Waals surface area (Å²) in [6, 6.07) is 1.84. The maximum Gasteiger partial charge on any atom is 0.197 e. The Kier molecular flexibility index (Phi) is 4.12. The van der Waals surface area contributed by atoms with E-state index in [1.54, 1.807) is 13.1 Å². The third-order valence-electron chi connectivity index (χ3n) is 2.13. The fourth-order valence-electron chi connectivity index (χ4n) is 1.42. The minimum absolute atomic E-state index is 0.138. The van der Waals surface area contributed by atoms with Gasteiger partial charge in [-0.1, -0.05) is 13.8 Å². The predicted molar refractivity (Wildman–Crippen MR) is 59.9 cm³/mol. The summed E-state index contributed by atoms with van der Waals surface area (Å²) in [5.41, 5.74) is 1.73. The van der Waals surface area contributed by atoms with Crippen LogP contribution in [0.1, 0.15) is 42.1 Å². The van der Waals surface area contributed by atoms with Crippen molar-refractivity contribution < 1.29 is 4.79 Å². The molecule has 0 aromatic carbocycles. The molecule has 16 heavy (non-hydrogen) atoms. The number of hydrogen-bond acceptors (Lipinski definition) is 4. The van der Waals surface area contributed by atoms with Crippen LogP contribution in [0, 0.1) is 24.2 Å². The lowest BCUT2D eigenvalue weighted by Crippen LogP contribution is -2.09. The molecule has 0 spiro atoms. The third-order valence-corrected chi connectivity index (χ3v) is 2.13. The second kappa shape index (κ2) is 5.36. The molecule has 1 rings (SSSR count). The van der Waals surface area contributed by atoms with Gasteiger partial charge in [-0.25, -0.2) is 4.98 Å². The van der Waals surface area contributed by atoms with E-state index in [4.69, 9.17) is 5.26 Å². The Labute approximate surface area is 95.3 Å². The van der Waals surface area contributed by atoms with Gasteiger partial charge >= 0.3 is 0 Å². The number of rotatable bonds is 4. The van der Waals surface area contributed by atoms with E-state index in [0.29, 0.717) is 17.3 Å². The molecule has 1 aromatic heterocycles. The van der Waals surface area contributed by atoms with Gasteiger partial charge in [0.2, 0.25) is 0 Å². The molecule has 0 amide bonds. The van der Waals surface area contributed by atoms with Crippen LogP contribution in [0.4, 0.5) is 0 Å². The van der Waals surface area contributed by atoms with Crippen LogP contribution < -0.4 is 0 Å². The zero-order valence-electron chi connectivity index (χ0n) is 9.82. The Morgan fingerprint density at radius 2 is 2.25 bits per heavy atom. The lowest BCUT2D eigenvalue weighted by atomic mass is 10.1. The molecule has 0 saturated carbocycles. The molecule has 1 aromatic rings. The largest absolute Gasteiger partial charge is 0.291 e.